The number of carbonyl (C=O) groups is 2. The van der Waals surface area contributed by atoms with Crippen molar-refractivity contribution in [3.05, 3.63) is 60.7 Å². The Morgan fingerprint density at radius 2 is 1.73 bits per heavy atom. The summed E-state index contributed by atoms with van der Waals surface area (Å²) in [6.07, 6.45) is 4.13. The number of methoxy groups -OCH3 is 2. The minimum Gasteiger partial charge on any atom is -0.493 e. The summed E-state index contributed by atoms with van der Waals surface area (Å²) >= 11 is 0. The van der Waals surface area contributed by atoms with Gasteiger partial charge in [0.05, 0.1) is 37.5 Å². The SMILES string of the molecule is CCN(Cc1ccc(NC(=O)Cn2cc(Oc3ncnc4cc(OC)c(OC)cc34)cn2)cc1)C(=O)OC(C)(C)C. The number of benzene rings is 2. The molecule has 216 valence electrons. The second kappa shape index (κ2) is 12.5. The van der Waals surface area contributed by atoms with E-state index < -0.39 is 5.60 Å². The Labute approximate surface area is 238 Å². The molecule has 0 aliphatic carbocycles. The molecule has 0 spiro atoms. The van der Waals surface area contributed by atoms with Crippen LogP contribution < -0.4 is 19.5 Å². The molecule has 0 radical (unpaired) electrons. The predicted octanol–water partition coefficient (Wildman–Crippen LogP) is 5.03. The van der Waals surface area contributed by atoms with Gasteiger partial charge in [0, 0.05) is 24.8 Å². The largest absolute Gasteiger partial charge is 0.493 e. The molecular weight excluding hydrogens is 528 g/mol. The Morgan fingerprint density at radius 3 is 2.39 bits per heavy atom. The average molecular weight is 563 g/mol. The number of hydrogen-bond donors (Lipinski definition) is 1. The number of nitrogens with one attached hydrogen (secondary N) is 1. The second-order valence-corrected chi connectivity index (χ2v) is 10.1. The summed E-state index contributed by atoms with van der Waals surface area (Å²) in [6.45, 7) is 8.29. The van der Waals surface area contributed by atoms with Crippen LogP contribution in [-0.4, -0.2) is 63.0 Å². The van der Waals surface area contributed by atoms with Crippen LogP contribution in [0.3, 0.4) is 0 Å². The Balaban J connectivity index is 1.35. The second-order valence-electron chi connectivity index (χ2n) is 10.1. The summed E-state index contributed by atoms with van der Waals surface area (Å²) in [5, 5.41) is 7.71. The molecule has 0 aliphatic rings. The van der Waals surface area contributed by atoms with Gasteiger partial charge in [-0.25, -0.2) is 14.8 Å². The average Bonchev–Trinajstić information content (AvgIpc) is 3.37. The molecule has 0 bridgehead atoms. The first-order valence-corrected chi connectivity index (χ1v) is 13.0. The van der Waals surface area contributed by atoms with Crippen molar-refractivity contribution in [3.8, 4) is 23.1 Å². The maximum Gasteiger partial charge on any atom is 0.410 e. The monoisotopic (exact) mass is 562 g/mol. The molecule has 0 saturated carbocycles. The number of amides is 2. The molecule has 2 aromatic heterocycles. The molecule has 0 unspecified atom stereocenters. The molecule has 0 fully saturated rings. The van der Waals surface area contributed by atoms with Crippen LogP contribution in [0.15, 0.2) is 55.1 Å². The van der Waals surface area contributed by atoms with Gasteiger partial charge in [0.25, 0.3) is 0 Å². The highest BCUT2D eigenvalue weighted by molar-refractivity contribution is 5.90. The van der Waals surface area contributed by atoms with Crippen molar-refractivity contribution in [2.24, 2.45) is 0 Å². The number of hydrogen-bond acceptors (Lipinski definition) is 9. The van der Waals surface area contributed by atoms with E-state index in [1.165, 1.54) is 17.2 Å². The highest BCUT2D eigenvalue weighted by atomic mass is 16.6. The van der Waals surface area contributed by atoms with Crippen LogP contribution in [0.25, 0.3) is 10.9 Å². The van der Waals surface area contributed by atoms with Crippen LogP contribution in [0.1, 0.15) is 33.3 Å². The first-order chi connectivity index (χ1) is 19.6. The normalized spacial score (nSPS) is 11.2. The summed E-state index contributed by atoms with van der Waals surface area (Å²) in [5.74, 6) is 1.52. The first kappa shape index (κ1) is 29.1. The topological polar surface area (TPSA) is 130 Å². The van der Waals surface area contributed by atoms with Crippen LogP contribution in [0.2, 0.25) is 0 Å². The van der Waals surface area contributed by atoms with E-state index in [1.54, 1.807) is 49.6 Å². The lowest BCUT2D eigenvalue weighted by molar-refractivity contribution is -0.116. The molecule has 0 aliphatic heterocycles. The number of ether oxygens (including phenoxy) is 4. The minimum absolute atomic E-state index is 0.0249. The highest BCUT2D eigenvalue weighted by Gasteiger charge is 2.21. The molecule has 4 rings (SSSR count). The molecule has 12 nitrogen and oxygen atoms in total. The lowest BCUT2D eigenvalue weighted by Gasteiger charge is -2.26. The molecule has 12 heteroatoms. The lowest BCUT2D eigenvalue weighted by atomic mass is 10.2. The van der Waals surface area contributed by atoms with Gasteiger partial charge in [-0.05, 0) is 51.5 Å². The van der Waals surface area contributed by atoms with Gasteiger partial charge in [0.2, 0.25) is 11.8 Å². The Hall–Kier alpha value is -4.87. The van der Waals surface area contributed by atoms with E-state index in [9.17, 15) is 9.59 Å². The van der Waals surface area contributed by atoms with E-state index in [0.717, 1.165) is 5.56 Å². The van der Waals surface area contributed by atoms with E-state index in [4.69, 9.17) is 18.9 Å². The summed E-state index contributed by atoms with van der Waals surface area (Å²) in [7, 11) is 3.10. The third-order valence-corrected chi connectivity index (χ3v) is 5.88. The van der Waals surface area contributed by atoms with Gasteiger partial charge in [0.15, 0.2) is 17.2 Å². The molecule has 0 saturated heterocycles. The van der Waals surface area contributed by atoms with Crippen LogP contribution in [0, 0.1) is 0 Å². The Bertz CT molecular complexity index is 1510. The quantitative estimate of drug-likeness (QED) is 0.283. The maximum absolute atomic E-state index is 12.7. The lowest BCUT2D eigenvalue weighted by Crippen LogP contribution is -2.36. The van der Waals surface area contributed by atoms with Crippen molar-refractivity contribution in [2.75, 3.05) is 26.1 Å². The summed E-state index contributed by atoms with van der Waals surface area (Å²) < 4.78 is 23.6. The van der Waals surface area contributed by atoms with Crippen molar-refractivity contribution in [3.63, 3.8) is 0 Å². The predicted molar refractivity (Wildman–Crippen MR) is 152 cm³/mol. The van der Waals surface area contributed by atoms with Gasteiger partial charge >= 0.3 is 6.09 Å². The molecular formula is C29H34N6O6. The molecule has 41 heavy (non-hydrogen) atoms. The van der Waals surface area contributed by atoms with E-state index in [0.29, 0.717) is 52.8 Å². The van der Waals surface area contributed by atoms with E-state index in [-0.39, 0.29) is 18.5 Å². The fourth-order valence-corrected chi connectivity index (χ4v) is 3.93. The first-order valence-electron chi connectivity index (χ1n) is 13.0. The molecule has 4 aromatic rings. The Kier molecular flexibility index (Phi) is 8.91. The van der Waals surface area contributed by atoms with Crippen LogP contribution in [0.5, 0.6) is 23.1 Å². The van der Waals surface area contributed by atoms with Gasteiger partial charge in [-0.3, -0.25) is 9.48 Å². The van der Waals surface area contributed by atoms with Crippen molar-refractivity contribution >= 4 is 28.6 Å². The van der Waals surface area contributed by atoms with Gasteiger partial charge < -0.3 is 29.2 Å². The zero-order valence-electron chi connectivity index (χ0n) is 24.0. The van der Waals surface area contributed by atoms with Crippen molar-refractivity contribution in [1.29, 1.82) is 0 Å². The van der Waals surface area contributed by atoms with Crippen LogP contribution in [0.4, 0.5) is 10.5 Å². The smallest absolute Gasteiger partial charge is 0.410 e. The van der Waals surface area contributed by atoms with E-state index in [1.807, 2.05) is 39.8 Å². The summed E-state index contributed by atoms with van der Waals surface area (Å²) in [6, 6.07) is 10.8. The zero-order valence-corrected chi connectivity index (χ0v) is 24.0. The van der Waals surface area contributed by atoms with Crippen LogP contribution in [-0.2, 0) is 22.6 Å². The van der Waals surface area contributed by atoms with Gasteiger partial charge in [0.1, 0.15) is 18.5 Å². The van der Waals surface area contributed by atoms with Gasteiger partial charge in [-0.2, -0.15) is 5.10 Å². The summed E-state index contributed by atoms with van der Waals surface area (Å²) in [5.41, 5.74) is 1.60. The standard InChI is InChI=1S/C29H34N6O6/c1-7-34(28(37)41-29(2,3)4)15-19-8-10-20(11-9-19)33-26(36)17-35-16-21(14-32-35)40-27-22-12-24(38-5)25(39-6)13-23(22)30-18-31-27/h8-14,16,18H,7,15,17H2,1-6H3,(H,33,36). The molecule has 2 amide bonds. The van der Waals surface area contributed by atoms with Gasteiger partial charge in [-0.15, -0.1) is 0 Å². The molecule has 2 heterocycles. The van der Waals surface area contributed by atoms with E-state index in [2.05, 4.69) is 20.4 Å². The number of anilines is 1. The highest BCUT2D eigenvalue weighted by Crippen LogP contribution is 2.35. The third kappa shape index (κ3) is 7.62. The number of rotatable bonds is 10. The third-order valence-electron chi connectivity index (χ3n) is 5.88. The maximum atomic E-state index is 12.7. The van der Waals surface area contributed by atoms with E-state index >= 15 is 0 Å². The number of aromatic nitrogens is 4. The van der Waals surface area contributed by atoms with Crippen LogP contribution >= 0.6 is 0 Å². The van der Waals surface area contributed by atoms with Crippen molar-refractivity contribution in [1.82, 2.24) is 24.6 Å². The minimum atomic E-state index is -0.562. The molecule has 1 N–H and O–H groups in total. The fourth-order valence-electron chi connectivity index (χ4n) is 3.93. The molecule has 2 aromatic carbocycles. The zero-order chi connectivity index (χ0) is 29.6. The fraction of sp³-hybridized carbons (Fsp3) is 0.345. The molecule has 0 atom stereocenters. The number of carbonyl (C=O) groups excluding carboxylic acids is 2. The number of nitrogens with zero attached hydrogens (tertiary/aromatic N) is 5. The van der Waals surface area contributed by atoms with Crippen molar-refractivity contribution in [2.45, 2.75) is 46.4 Å². The van der Waals surface area contributed by atoms with Gasteiger partial charge in [-0.1, -0.05) is 12.1 Å². The van der Waals surface area contributed by atoms with Crippen molar-refractivity contribution < 1.29 is 28.5 Å². The Morgan fingerprint density at radius 1 is 1.02 bits per heavy atom. The number of fused-ring (bicyclic) bond motifs is 1. The summed E-state index contributed by atoms with van der Waals surface area (Å²) in [4.78, 5) is 35.2.